The molecule has 0 aliphatic carbocycles. The van der Waals surface area contributed by atoms with Crippen molar-refractivity contribution in [2.75, 3.05) is 44.7 Å². The van der Waals surface area contributed by atoms with Crippen molar-refractivity contribution in [2.24, 2.45) is 0 Å². The van der Waals surface area contributed by atoms with E-state index in [0.717, 1.165) is 38.3 Å². The number of nitrogens with zero attached hydrogens (tertiary/aromatic N) is 5. The molecule has 7 nitrogen and oxygen atoms in total. The van der Waals surface area contributed by atoms with Gasteiger partial charge in [-0.2, -0.15) is 4.98 Å². The first-order valence-electron chi connectivity index (χ1n) is 11.4. The SMILES string of the molecule is CN1CCN(c2nc3c(c(Oc4ccc(F)cc4F)n2)CN(C(=O)c2ccccc2F)CC3)CC1. The molecule has 3 heterocycles. The van der Waals surface area contributed by atoms with E-state index in [2.05, 4.69) is 9.88 Å². The van der Waals surface area contributed by atoms with E-state index in [-0.39, 0.29) is 23.7 Å². The van der Waals surface area contributed by atoms with Gasteiger partial charge in [0.05, 0.1) is 23.4 Å². The number of benzene rings is 2. The highest BCUT2D eigenvalue weighted by Gasteiger charge is 2.30. The van der Waals surface area contributed by atoms with Crippen LogP contribution in [0.3, 0.4) is 0 Å². The second kappa shape index (κ2) is 9.53. The largest absolute Gasteiger partial charge is 0.435 e. The molecule has 2 aliphatic heterocycles. The quantitative estimate of drug-likeness (QED) is 0.565. The second-order valence-corrected chi connectivity index (χ2v) is 8.68. The topological polar surface area (TPSA) is 61.8 Å². The lowest BCUT2D eigenvalue weighted by Crippen LogP contribution is -2.45. The lowest BCUT2D eigenvalue weighted by atomic mass is 10.0. The van der Waals surface area contributed by atoms with Crippen LogP contribution < -0.4 is 9.64 Å². The molecule has 5 rings (SSSR count). The molecule has 0 N–H and O–H groups in total. The molecule has 0 bridgehead atoms. The highest BCUT2D eigenvalue weighted by atomic mass is 19.1. The Morgan fingerprint density at radius 3 is 2.46 bits per heavy atom. The Hall–Kier alpha value is -3.66. The third-order valence-electron chi connectivity index (χ3n) is 6.29. The monoisotopic (exact) mass is 483 g/mol. The number of likely N-dealkylation sites (N-methyl/N-ethyl adjacent to an activating group) is 1. The summed E-state index contributed by atoms with van der Waals surface area (Å²) < 4.78 is 47.9. The molecular weight excluding hydrogens is 459 g/mol. The Kier molecular flexibility index (Phi) is 6.29. The first-order chi connectivity index (χ1) is 16.9. The maximum atomic E-state index is 14.4. The minimum absolute atomic E-state index is 0.0297. The standard InChI is InChI=1S/C25H24F3N5O2/c1-31-10-12-32(13-11-31)25-29-21-8-9-33(24(34)17-4-2-3-5-19(17)27)15-18(21)23(30-25)35-22-7-6-16(26)14-20(22)28/h2-7,14H,8-13,15H2,1H3. The van der Waals surface area contributed by atoms with Crippen molar-refractivity contribution in [1.82, 2.24) is 19.8 Å². The molecule has 1 amide bonds. The van der Waals surface area contributed by atoms with Gasteiger partial charge < -0.3 is 19.4 Å². The lowest BCUT2D eigenvalue weighted by molar-refractivity contribution is 0.0727. The van der Waals surface area contributed by atoms with Crippen molar-refractivity contribution in [3.8, 4) is 11.6 Å². The van der Waals surface area contributed by atoms with Crippen molar-refractivity contribution in [3.05, 3.63) is 76.7 Å². The van der Waals surface area contributed by atoms with Gasteiger partial charge in [-0.05, 0) is 31.3 Å². The number of halogens is 3. The number of ether oxygens (including phenoxy) is 1. The average Bonchev–Trinajstić information content (AvgIpc) is 2.85. The van der Waals surface area contributed by atoms with Gasteiger partial charge in [-0.15, -0.1) is 0 Å². The number of fused-ring (bicyclic) bond motifs is 1. The Morgan fingerprint density at radius 1 is 0.943 bits per heavy atom. The summed E-state index contributed by atoms with van der Waals surface area (Å²) in [6, 6.07) is 8.83. The summed E-state index contributed by atoms with van der Waals surface area (Å²) >= 11 is 0. The molecule has 0 radical (unpaired) electrons. The Labute approximate surface area is 200 Å². The summed E-state index contributed by atoms with van der Waals surface area (Å²) in [5, 5.41) is 0. The van der Waals surface area contributed by atoms with Crippen molar-refractivity contribution in [2.45, 2.75) is 13.0 Å². The minimum atomic E-state index is -0.867. The zero-order chi connectivity index (χ0) is 24.5. The van der Waals surface area contributed by atoms with Gasteiger partial charge in [-0.3, -0.25) is 4.79 Å². The Morgan fingerprint density at radius 2 is 1.71 bits per heavy atom. The van der Waals surface area contributed by atoms with E-state index in [1.807, 2.05) is 11.9 Å². The molecule has 2 aromatic carbocycles. The molecule has 35 heavy (non-hydrogen) atoms. The highest BCUT2D eigenvalue weighted by Crippen LogP contribution is 2.33. The number of carbonyl (C=O) groups is 1. The molecule has 3 aromatic rings. The summed E-state index contributed by atoms with van der Waals surface area (Å²) in [6.07, 6.45) is 0.404. The zero-order valence-corrected chi connectivity index (χ0v) is 19.2. The smallest absolute Gasteiger partial charge is 0.257 e. The van der Waals surface area contributed by atoms with Gasteiger partial charge in [0.2, 0.25) is 11.8 Å². The normalized spacial score (nSPS) is 16.2. The lowest BCUT2D eigenvalue weighted by Gasteiger charge is -2.34. The zero-order valence-electron chi connectivity index (χ0n) is 19.2. The molecule has 2 aliphatic rings. The fraction of sp³-hybridized carbons (Fsp3) is 0.320. The summed E-state index contributed by atoms with van der Waals surface area (Å²) in [5.74, 6) is -2.28. The molecule has 0 atom stereocenters. The van der Waals surface area contributed by atoms with Gasteiger partial charge in [-0.1, -0.05) is 12.1 Å². The predicted octanol–water partition coefficient (Wildman–Crippen LogP) is 3.64. The number of hydrogen-bond donors (Lipinski definition) is 0. The van der Waals surface area contributed by atoms with Gasteiger partial charge in [0, 0.05) is 45.2 Å². The van der Waals surface area contributed by atoms with Crippen LogP contribution in [-0.2, 0) is 13.0 Å². The number of amides is 1. The molecule has 10 heteroatoms. The van der Waals surface area contributed by atoms with E-state index in [1.165, 1.54) is 29.2 Å². The number of rotatable bonds is 4. The summed E-state index contributed by atoms with van der Waals surface area (Å²) in [5.41, 5.74) is 1.17. The van der Waals surface area contributed by atoms with Crippen LogP contribution in [0.2, 0.25) is 0 Å². The number of carbonyl (C=O) groups excluding carboxylic acids is 1. The van der Waals surface area contributed by atoms with Gasteiger partial charge in [0.1, 0.15) is 11.6 Å². The van der Waals surface area contributed by atoms with Crippen molar-refractivity contribution >= 4 is 11.9 Å². The molecule has 182 valence electrons. The van der Waals surface area contributed by atoms with Gasteiger partial charge >= 0.3 is 0 Å². The molecular formula is C25H24F3N5O2. The van der Waals surface area contributed by atoms with E-state index in [9.17, 15) is 18.0 Å². The molecule has 1 fully saturated rings. The van der Waals surface area contributed by atoms with E-state index >= 15 is 0 Å². The van der Waals surface area contributed by atoms with Crippen LogP contribution in [0.4, 0.5) is 19.1 Å². The third-order valence-corrected chi connectivity index (χ3v) is 6.29. The summed E-state index contributed by atoms with van der Waals surface area (Å²) in [7, 11) is 2.04. The molecule has 0 saturated carbocycles. The van der Waals surface area contributed by atoms with Crippen LogP contribution in [-0.4, -0.2) is 65.4 Å². The third kappa shape index (κ3) is 4.79. The molecule has 0 spiro atoms. The summed E-state index contributed by atoms with van der Waals surface area (Å²) in [6.45, 7) is 3.53. The van der Waals surface area contributed by atoms with Crippen LogP contribution in [0.1, 0.15) is 21.6 Å². The molecule has 0 unspecified atom stereocenters. The van der Waals surface area contributed by atoms with E-state index in [1.54, 1.807) is 6.07 Å². The second-order valence-electron chi connectivity index (χ2n) is 8.68. The first-order valence-corrected chi connectivity index (χ1v) is 11.4. The Balaban J connectivity index is 1.50. The fourth-order valence-corrected chi connectivity index (χ4v) is 4.24. The van der Waals surface area contributed by atoms with Gasteiger partial charge in [0.15, 0.2) is 11.6 Å². The summed E-state index contributed by atoms with van der Waals surface area (Å²) in [4.78, 5) is 28.1. The number of aromatic nitrogens is 2. The highest BCUT2D eigenvalue weighted by molar-refractivity contribution is 5.94. The number of hydrogen-bond acceptors (Lipinski definition) is 6. The Bertz CT molecular complexity index is 1260. The van der Waals surface area contributed by atoms with Crippen LogP contribution in [0.15, 0.2) is 42.5 Å². The molecule has 1 saturated heterocycles. The van der Waals surface area contributed by atoms with Gasteiger partial charge in [-0.25, -0.2) is 18.2 Å². The minimum Gasteiger partial charge on any atom is -0.435 e. The number of anilines is 1. The number of piperazine rings is 1. The van der Waals surface area contributed by atoms with Crippen molar-refractivity contribution < 1.29 is 22.7 Å². The van der Waals surface area contributed by atoms with Crippen LogP contribution in [0.25, 0.3) is 0 Å². The van der Waals surface area contributed by atoms with Crippen LogP contribution in [0, 0.1) is 17.5 Å². The average molecular weight is 483 g/mol. The van der Waals surface area contributed by atoms with E-state index in [4.69, 9.17) is 9.72 Å². The maximum absolute atomic E-state index is 14.4. The van der Waals surface area contributed by atoms with Gasteiger partial charge in [0.25, 0.3) is 5.91 Å². The van der Waals surface area contributed by atoms with Crippen LogP contribution >= 0.6 is 0 Å². The molecule has 1 aromatic heterocycles. The van der Waals surface area contributed by atoms with E-state index in [0.29, 0.717) is 30.2 Å². The van der Waals surface area contributed by atoms with E-state index < -0.39 is 23.4 Å². The van der Waals surface area contributed by atoms with Crippen molar-refractivity contribution in [1.29, 1.82) is 0 Å². The predicted molar refractivity (Wildman–Crippen MR) is 123 cm³/mol. The fourth-order valence-electron chi connectivity index (χ4n) is 4.24. The van der Waals surface area contributed by atoms with Crippen LogP contribution in [0.5, 0.6) is 11.6 Å². The first kappa shape index (κ1) is 23.1. The van der Waals surface area contributed by atoms with Crippen molar-refractivity contribution in [3.63, 3.8) is 0 Å². The maximum Gasteiger partial charge on any atom is 0.257 e.